The van der Waals surface area contributed by atoms with Crippen molar-refractivity contribution in [1.29, 1.82) is 0 Å². The van der Waals surface area contributed by atoms with Crippen molar-refractivity contribution in [1.82, 2.24) is 5.32 Å². The van der Waals surface area contributed by atoms with Crippen molar-refractivity contribution in [2.45, 2.75) is 29.7 Å². The van der Waals surface area contributed by atoms with E-state index in [1.165, 1.54) is 0 Å². The molecule has 31 heavy (non-hydrogen) atoms. The Morgan fingerprint density at radius 3 is 2.45 bits per heavy atom. The Labute approximate surface area is 186 Å². The van der Waals surface area contributed by atoms with E-state index in [9.17, 15) is 18.0 Å². The number of hydrogen-bond acceptors (Lipinski definition) is 2. The van der Waals surface area contributed by atoms with Crippen molar-refractivity contribution >= 4 is 34.8 Å². The van der Waals surface area contributed by atoms with Crippen LogP contribution in [0.4, 0.5) is 23.2 Å². The lowest BCUT2D eigenvalue weighted by Gasteiger charge is -2.59. The number of benzene rings is 2. The number of hydrogen-bond donors (Lipinski definition) is 2. The number of alkyl halides is 2. The van der Waals surface area contributed by atoms with Crippen molar-refractivity contribution < 1.29 is 22.4 Å². The van der Waals surface area contributed by atoms with Crippen LogP contribution in [-0.4, -0.2) is 31.3 Å². The second-order valence-corrected chi connectivity index (χ2v) is 9.72. The molecule has 2 aliphatic heterocycles. The van der Waals surface area contributed by atoms with Gasteiger partial charge in [0, 0.05) is 34.1 Å². The number of carbonyl (C=O) groups excluding carboxylic acids is 1. The average molecular weight is 473 g/mol. The van der Waals surface area contributed by atoms with Gasteiger partial charge in [-0.2, -0.15) is 0 Å². The molecule has 0 unspecified atom stereocenters. The smallest absolute Gasteiger partial charge is 0.237 e. The van der Waals surface area contributed by atoms with E-state index in [1.54, 1.807) is 18.2 Å². The average Bonchev–Trinajstić information content (AvgIpc) is 3.19. The fraction of sp³-hybridized carbons (Fsp3) is 0.409. The highest BCUT2D eigenvalue weighted by Crippen LogP contribution is 2.67. The van der Waals surface area contributed by atoms with E-state index in [-0.39, 0.29) is 24.9 Å². The summed E-state index contributed by atoms with van der Waals surface area (Å²) >= 11 is 12.0. The second-order valence-electron chi connectivity index (χ2n) is 8.88. The summed E-state index contributed by atoms with van der Waals surface area (Å²) in [6.45, 7) is -1.63. The van der Waals surface area contributed by atoms with Crippen molar-refractivity contribution in [2.24, 2.45) is 5.41 Å². The molecule has 2 N–H and O–H groups in total. The van der Waals surface area contributed by atoms with Gasteiger partial charge < -0.3 is 10.6 Å². The Bertz CT molecular complexity index is 1100. The largest absolute Gasteiger partial charge is 0.325 e. The number of carbonyl (C=O) groups is 1. The summed E-state index contributed by atoms with van der Waals surface area (Å²) in [5.41, 5.74) is -2.69. The summed E-state index contributed by atoms with van der Waals surface area (Å²) in [5, 5.41) is 6.07. The number of fused-ring (bicyclic) bond motifs is 3. The lowest BCUT2D eigenvalue weighted by atomic mass is 9.46. The van der Waals surface area contributed by atoms with Crippen LogP contribution in [0.25, 0.3) is 0 Å². The molecule has 1 amide bonds. The van der Waals surface area contributed by atoms with Gasteiger partial charge in [0.1, 0.15) is 17.0 Å². The number of halogens is 6. The molecule has 2 aromatic rings. The van der Waals surface area contributed by atoms with E-state index < -0.39 is 58.2 Å². The van der Waals surface area contributed by atoms with E-state index in [4.69, 9.17) is 23.2 Å². The Hall–Kier alpha value is -1.83. The van der Waals surface area contributed by atoms with Gasteiger partial charge >= 0.3 is 0 Å². The maximum Gasteiger partial charge on any atom is 0.237 e. The molecule has 0 bridgehead atoms. The minimum atomic E-state index is -1.40. The second kappa shape index (κ2) is 6.83. The fourth-order valence-electron chi connectivity index (χ4n) is 6.08. The molecule has 0 radical (unpaired) electrons. The molecule has 2 aromatic carbocycles. The minimum Gasteiger partial charge on any atom is -0.325 e. The van der Waals surface area contributed by atoms with Crippen LogP contribution in [0, 0.1) is 17.0 Å². The predicted molar refractivity (Wildman–Crippen MR) is 110 cm³/mol. The van der Waals surface area contributed by atoms with Gasteiger partial charge in [0.2, 0.25) is 5.91 Å². The van der Waals surface area contributed by atoms with Crippen LogP contribution in [0.15, 0.2) is 30.3 Å². The number of anilines is 1. The molecule has 2 atom stereocenters. The van der Waals surface area contributed by atoms with Crippen LogP contribution in [0.2, 0.25) is 10.0 Å². The lowest BCUT2D eigenvalue weighted by molar-refractivity contribution is -0.131. The third-order valence-corrected chi connectivity index (χ3v) is 7.76. The van der Waals surface area contributed by atoms with Gasteiger partial charge in [-0.05, 0) is 48.2 Å². The fourth-order valence-corrected chi connectivity index (χ4v) is 6.47. The summed E-state index contributed by atoms with van der Waals surface area (Å²) in [6.07, 6.45) is 0.0906. The molecule has 164 valence electrons. The molecular formula is C22H18Cl2F4N2O. The van der Waals surface area contributed by atoms with Gasteiger partial charge in [0.05, 0.1) is 18.4 Å². The zero-order valence-corrected chi connectivity index (χ0v) is 17.7. The quantitative estimate of drug-likeness (QED) is 0.469. The molecule has 3 nitrogen and oxygen atoms in total. The molecule has 0 aromatic heterocycles. The SMILES string of the molecule is O=C1Nc2cc(Cl)ccc2[C@@]12[C@@H](c1cc(F)cc(Cl)c1F)CNC21CC(CF)(CF)C1. The first-order valence-electron chi connectivity index (χ1n) is 9.85. The Morgan fingerprint density at radius 2 is 1.77 bits per heavy atom. The van der Waals surface area contributed by atoms with Crippen LogP contribution in [0.5, 0.6) is 0 Å². The van der Waals surface area contributed by atoms with E-state index >= 15 is 4.39 Å². The summed E-state index contributed by atoms with van der Waals surface area (Å²) < 4.78 is 56.8. The van der Waals surface area contributed by atoms with E-state index in [0.29, 0.717) is 16.3 Å². The molecule has 9 heteroatoms. The highest BCUT2D eigenvalue weighted by atomic mass is 35.5. The third-order valence-electron chi connectivity index (χ3n) is 7.25. The molecule has 1 saturated heterocycles. The topological polar surface area (TPSA) is 41.1 Å². The van der Waals surface area contributed by atoms with Crippen LogP contribution in [0.3, 0.4) is 0 Å². The molecule has 2 fully saturated rings. The van der Waals surface area contributed by atoms with Crippen molar-refractivity contribution in [3.63, 3.8) is 0 Å². The Morgan fingerprint density at radius 1 is 1.06 bits per heavy atom. The lowest BCUT2D eigenvalue weighted by Crippen LogP contribution is -2.70. The van der Waals surface area contributed by atoms with Crippen LogP contribution < -0.4 is 10.6 Å². The normalized spacial score (nSPS) is 27.4. The highest BCUT2D eigenvalue weighted by Gasteiger charge is 2.75. The molecule has 2 heterocycles. The summed E-state index contributed by atoms with van der Waals surface area (Å²) in [5.74, 6) is -2.84. The Kier molecular flexibility index (Phi) is 4.64. The molecular weight excluding hydrogens is 455 g/mol. The summed E-state index contributed by atoms with van der Waals surface area (Å²) in [6, 6.07) is 6.76. The van der Waals surface area contributed by atoms with Crippen molar-refractivity contribution in [3.05, 3.63) is 63.1 Å². The van der Waals surface area contributed by atoms with E-state index in [0.717, 1.165) is 12.1 Å². The first-order chi connectivity index (χ1) is 14.7. The van der Waals surface area contributed by atoms with Crippen LogP contribution in [-0.2, 0) is 10.2 Å². The number of nitrogens with one attached hydrogen (secondary N) is 2. The zero-order valence-electron chi connectivity index (χ0n) is 16.2. The molecule has 3 aliphatic rings. The maximum absolute atomic E-state index is 15.1. The first-order valence-corrected chi connectivity index (χ1v) is 10.6. The van der Waals surface area contributed by atoms with Gasteiger partial charge in [0.15, 0.2) is 0 Å². The van der Waals surface area contributed by atoms with Crippen molar-refractivity contribution in [3.8, 4) is 0 Å². The van der Waals surface area contributed by atoms with Gasteiger partial charge in [0.25, 0.3) is 0 Å². The summed E-state index contributed by atoms with van der Waals surface area (Å²) in [7, 11) is 0. The molecule has 2 spiro atoms. The van der Waals surface area contributed by atoms with E-state index in [2.05, 4.69) is 10.6 Å². The molecule has 1 saturated carbocycles. The maximum atomic E-state index is 15.1. The van der Waals surface area contributed by atoms with Gasteiger partial charge in [-0.3, -0.25) is 13.6 Å². The number of amides is 1. The molecule has 1 aliphatic carbocycles. The highest BCUT2D eigenvalue weighted by molar-refractivity contribution is 6.31. The molecule has 5 rings (SSSR count). The summed E-state index contributed by atoms with van der Waals surface area (Å²) in [4.78, 5) is 13.6. The van der Waals surface area contributed by atoms with E-state index in [1.807, 2.05) is 0 Å². The van der Waals surface area contributed by atoms with Gasteiger partial charge in [-0.15, -0.1) is 0 Å². The Balaban J connectivity index is 1.75. The monoisotopic (exact) mass is 472 g/mol. The standard InChI is InChI=1S/C22H18Cl2F4N2O/c23-11-1-2-14-17(3-11)30-19(31)22(14)15(13-4-12(27)5-16(24)18(13)28)6-29-21(22)7-20(8-21,9-25)10-26/h1-5,15,29H,6-10H2,(H,30,31)/t15-,22-/m1/s1. The van der Waals surface area contributed by atoms with Gasteiger partial charge in [-0.1, -0.05) is 29.3 Å². The third kappa shape index (κ3) is 2.60. The van der Waals surface area contributed by atoms with Crippen molar-refractivity contribution in [2.75, 3.05) is 25.2 Å². The number of rotatable bonds is 3. The first kappa shape index (κ1) is 21.0. The van der Waals surface area contributed by atoms with Gasteiger partial charge in [-0.25, -0.2) is 8.78 Å². The van der Waals surface area contributed by atoms with Crippen LogP contribution >= 0.6 is 23.2 Å². The van der Waals surface area contributed by atoms with Crippen LogP contribution in [0.1, 0.15) is 29.9 Å². The minimum absolute atomic E-state index is 0.0453. The predicted octanol–water partition coefficient (Wildman–Crippen LogP) is 5.31. The zero-order chi connectivity index (χ0) is 22.2.